The normalized spacial score (nSPS) is 11.9. The van der Waals surface area contributed by atoms with Crippen LogP contribution in [0.1, 0.15) is 17.4 Å². The quantitative estimate of drug-likeness (QED) is 0.758. The van der Waals surface area contributed by atoms with Gasteiger partial charge in [-0.2, -0.15) is 5.10 Å². The number of aromatic nitrogens is 2. The lowest BCUT2D eigenvalue weighted by Crippen LogP contribution is -2.19. The number of esters is 1. The number of aryl methyl sites for hydroxylation is 1. The topological polar surface area (TPSA) is 53.3 Å². The van der Waals surface area contributed by atoms with E-state index < -0.39 is 0 Å². The highest BCUT2D eigenvalue weighted by Gasteiger charge is 2.13. The highest BCUT2D eigenvalue weighted by atomic mass is 16.5. The summed E-state index contributed by atoms with van der Waals surface area (Å²) in [5, 5.41) is 3.93. The van der Waals surface area contributed by atoms with Crippen molar-refractivity contribution in [1.29, 1.82) is 0 Å². The van der Waals surface area contributed by atoms with Crippen molar-refractivity contribution in [3.8, 4) is 5.75 Å². The van der Waals surface area contributed by atoms with Crippen LogP contribution in [0, 0.1) is 5.92 Å². The van der Waals surface area contributed by atoms with Crippen molar-refractivity contribution in [2.24, 2.45) is 13.0 Å². The summed E-state index contributed by atoms with van der Waals surface area (Å²) in [5.41, 5.74) is 0.446. The van der Waals surface area contributed by atoms with Gasteiger partial charge in [-0.25, -0.2) is 4.79 Å². The number of ether oxygens (including phenoxy) is 2. The van der Waals surface area contributed by atoms with Gasteiger partial charge in [-0.3, -0.25) is 4.68 Å². The molecule has 0 saturated carbocycles. The van der Waals surface area contributed by atoms with E-state index >= 15 is 0 Å². The third-order valence-electron chi connectivity index (χ3n) is 2.81. The highest BCUT2D eigenvalue weighted by molar-refractivity contribution is 5.87. The Balaban J connectivity index is 1.74. The predicted molar refractivity (Wildman–Crippen MR) is 74.6 cm³/mol. The van der Waals surface area contributed by atoms with Crippen LogP contribution in [0.3, 0.4) is 0 Å². The number of rotatable bonds is 6. The van der Waals surface area contributed by atoms with E-state index in [-0.39, 0.29) is 11.9 Å². The molecule has 0 aliphatic heterocycles. The molecule has 0 amide bonds. The van der Waals surface area contributed by atoms with Gasteiger partial charge in [0.15, 0.2) is 0 Å². The van der Waals surface area contributed by atoms with Crippen LogP contribution in [0.5, 0.6) is 5.75 Å². The number of carbonyl (C=O) groups excluding carboxylic acids is 1. The molecule has 1 aromatic heterocycles. The first-order chi connectivity index (χ1) is 9.66. The van der Waals surface area contributed by atoms with Gasteiger partial charge in [0.25, 0.3) is 0 Å². The lowest BCUT2D eigenvalue weighted by atomic mass is 10.2. The second-order valence-electron chi connectivity index (χ2n) is 4.67. The average Bonchev–Trinajstić information content (AvgIpc) is 2.90. The summed E-state index contributed by atoms with van der Waals surface area (Å²) >= 11 is 0. The molecule has 0 radical (unpaired) electrons. The second-order valence-corrected chi connectivity index (χ2v) is 4.67. The van der Waals surface area contributed by atoms with Gasteiger partial charge in [-0.1, -0.05) is 25.1 Å². The summed E-state index contributed by atoms with van der Waals surface area (Å²) in [6, 6.07) is 11.2. The van der Waals surface area contributed by atoms with E-state index in [1.54, 1.807) is 19.3 Å². The van der Waals surface area contributed by atoms with Gasteiger partial charge < -0.3 is 9.47 Å². The van der Waals surface area contributed by atoms with Crippen LogP contribution >= 0.6 is 0 Å². The Morgan fingerprint density at radius 3 is 2.65 bits per heavy atom. The number of nitrogens with zero attached hydrogens (tertiary/aromatic N) is 2. The fourth-order valence-electron chi connectivity index (χ4n) is 1.67. The van der Waals surface area contributed by atoms with Gasteiger partial charge in [0.2, 0.25) is 0 Å². The van der Waals surface area contributed by atoms with Crippen LogP contribution in [0.2, 0.25) is 0 Å². The number of hydrogen-bond donors (Lipinski definition) is 0. The fourth-order valence-corrected chi connectivity index (χ4v) is 1.67. The summed E-state index contributed by atoms with van der Waals surface area (Å²) < 4.78 is 12.3. The summed E-state index contributed by atoms with van der Waals surface area (Å²) in [7, 11) is 1.71. The van der Waals surface area contributed by atoms with Gasteiger partial charge in [-0.15, -0.1) is 0 Å². The molecular formula is C15H18N2O3. The van der Waals surface area contributed by atoms with Crippen LogP contribution in [0.15, 0.2) is 42.6 Å². The first-order valence-corrected chi connectivity index (χ1v) is 6.50. The van der Waals surface area contributed by atoms with Crippen molar-refractivity contribution in [2.75, 3.05) is 13.2 Å². The van der Waals surface area contributed by atoms with Crippen molar-refractivity contribution < 1.29 is 14.3 Å². The molecule has 0 aliphatic rings. The van der Waals surface area contributed by atoms with Crippen LogP contribution in [-0.4, -0.2) is 29.0 Å². The summed E-state index contributed by atoms with van der Waals surface area (Å²) in [5.74, 6) is 0.571. The standard InChI is InChI=1S/C15H18N2O3/c1-12(10-19-13-6-4-3-5-7-13)11-20-15(18)14-8-9-16-17(14)2/h3-9,12H,10-11H2,1-2H3/t12-/m1/s1. The summed E-state index contributed by atoms with van der Waals surface area (Å²) in [6.07, 6.45) is 1.57. The number of para-hydroxylation sites is 1. The Morgan fingerprint density at radius 1 is 1.25 bits per heavy atom. The van der Waals surface area contributed by atoms with Crippen LogP contribution < -0.4 is 4.74 Å². The van der Waals surface area contributed by atoms with Gasteiger partial charge in [0.1, 0.15) is 11.4 Å². The third kappa shape index (κ3) is 3.85. The highest BCUT2D eigenvalue weighted by Crippen LogP contribution is 2.10. The van der Waals surface area contributed by atoms with E-state index in [0.29, 0.717) is 18.9 Å². The lowest BCUT2D eigenvalue weighted by molar-refractivity contribution is 0.0402. The molecular weight excluding hydrogens is 256 g/mol. The van der Waals surface area contributed by atoms with Crippen molar-refractivity contribution in [3.05, 3.63) is 48.3 Å². The van der Waals surface area contributed by atoms with E-state index in [9.17, 15) is 4.79 Å². The Morgan fingerprint density at radius 2 is 2.00 bits per heavy atom. The summed E-state index contributed by atoms with van der Waals surface area (Å²) in [6.45, 7) is 2.79. The molecule has 5 nitrogen and oxygen atoms in total. The van der Waals surface area contributed by atoms with E-state index in [1.807, 2.05) is 37.3 Å². The van der Waals surface area contributed by atoms with Gasteiger partial charge in [0.05, 0.1) is 13.2 Å². The average molecular weight is 274 g/mol. The number of hydrogen-bond acceptors (Lipinski definition) is 4. The van der Waals surface area contributed by atoms with Crippen LogP contribution in [0.4, 0.5) is 0 Å². The molecule has 2 aromatic rings. The molecule has 2 rings (SSSR count). The monoisotopic (exact) mass is 274 g/mol. The smallest absolute Gasteiger partial charge is 0.356 e. The molecule has 5 heteroatoms. The Bertz CT molecular complexity index is 551. The van der Waals surface area contributed by atoms with Crippen molar-refractivity contribution >= 4 is 5.97 Å². The first-order valence-electron chi connectivity index (χ1n) is 6.50. The molecule has 20 heavy (non-hydrogen) atoms. The Hall–Kier alpha value is -2.30. The van der Waals surface area contributed by atoms with Gasteiger partial charge in [-0.05, 0) is 18.2 Å². The van der Waals surface area contributed by atoms with E-state index in [4.69, 9.17) is 9.47 Å². The van der Waals surface area contributed by atoms with Crippen molar-refractivity contribution in [1.82, 2.24) is 9.78 Å². The second kappa shape index (κ2) is 6.75. The summed E-state index contributed by atoms with van der Waals surface area (Å²) in [4.78, 5) is 11.8. The minimum absolute atomic E-state index is 0.118. The molecule has 0 unspecified atom stereocenters. The number of carbonyl (C=O) groups is 1. The van der Waals surface area contributed by atoms with Crippen LogP contribution in [-0.2, 0) is 11.8 Å². The molecule has 0 bridgehead atoms. The largest absolute Gasteiger partial charge is 0.493 e. The molecule has 1 heterocycles. The predicted octanol–water partition coefficient (Wildman–Crippen LogP) is 2.29. The van der Waals surface area contributed by atoms with Crippen LogP contribution in [0.25, 0.3) is 0 Å². The molecule has 0 aliphatic carbocycles. The molecule has 0 spiro atoms. The van der Waals surface area contributed by atoms with Gasteiger partial charge >= 0.3 is 5.97 Å². The Kier molecular flexibility index (Phi) is 4.76. The van der Waals surface area contributed by atoms with E-state index in [2.05, 4.69) is 5.10 Å². The zero-order valence-electron chi connectivity index (χ0n) is 11.7. The molecule has 0 fully saturated rings. The van der Waals surface area contributed by atoms with Gasteiger partial charge in [0, 0.05) is 19.2 Å². The SMILES string of the molecule is C[C@@H](COC(=O)c1ccnn1C)COc1ccccc1. The molecule has 1 atom stereocenters. The third-order valence-corrected chi connectivity index (χ3v) is 2.81. The molecule has 0 N–H and O–H groups in total. The zero-order valence-corrected chi connectivity index (χ0v) is 11.7. The van der Waals surface area contributed by atoms with E-state index in [0.717, 1.165) is 5.75 Å². The minimum atomic E-state index is -0.364. The van der Waals surface area contributed by atoms with Crippen molar-refractivity contribution in [2.45, 2.75) is 6.92 Å². The molecule has 106 valence electrons. The maximum atomic E-state index is 11.8. The maximum Gasteiger partial charge on any atom is 0.356 e. The zero-order chi connectivity index (χ0) is 14.4. The van der Waals surface area contributed by atoms with Crippen molar-refractivity contribution in [3.63, 3.8) is 0 Å². The molecule has 0 saturated heterocycles. The minimum Gasteiger partial charge on any atom is -0.493 e. The lowest BCUT2D eigenvalue weighted by Gasteiger charge is -2.13. The number of benzene rings is 1. The first kappa shape index (κ1) is 14.1. The van der Waals surface area contributed by atoms with E-state index in [1.165, 1.54) is 4.68 Å². The molecule has 1 aromatic carbocycles. The maximum absolute atomic E-state index is 11.8. The fraction of sp³-hybridized carbons (Fsp3) is 0.333. The Labute approximate surface area is 118 Å².